The highest BCUT2D eigenvalue weighted by atomic mass is 32.1. The van der Waals surface area contributed by atoms with E-state index in [1.54, 1.807) is 29.5 Å². The minimum atomic E-state index is -4.41. The Bertz CT molecular complexity index is 1470. The van der Waals surface area contributed by atoms with Crippen molar-refractivity contribution in [3.63, 3.8) is 0 Å². The summed E-state index contributed by atoms with van der Waals surface area (Å²) in [5, 5.41) is 3.53. The number of hydrogen-bond donors (Lipinski definition) is 1. The van der Waals surface area contributed by atoms with Crippen molar-refractivity contribution < 1.29 is 18.0 Å². The van der Waals surface area contributed by atoms with Crippen molar-refractivity contribution in [2.24, 2.45) is 5.73 Å². The Balaban J connectivity index is 1.77. The van der Waals surface area contributed by atoms with Gasteiger partial charge in [0.15, 0.2) is 0 Å². The number of halogens is 3. The Morgan fingerprint density at radius 2 is 1.75 bits per heavy atom. The lowest BCUT2D eigenvalue weighted by atomic mass is 10.0. The number of aromatic nitrogens is 1. The first kappa shape index (κ1) is 20.3. The predicted octanol–water partition coefficient (Wildman–Crippen LogP) is 6.69. The predicted molar refractivity (Wildman–Crippen MR) is 122 cm³/mol. The van der Waals surface area contributed by atoms with E-state index in [1.165, 1.54) is 12.1 Å². The first-order valence-electron chi connectivity index (χ1n) is 9.88. The molecule has 2 N–H and O–H groups in total. The van der Waals surface area contributed by atoms with Gasteiger partial charge in [-0.05, 0) is 52.9 Å². The highest BCUT2D eigenvalue weighted by molar-refractivity contribution is 7.13. The number of alkyl halides is 3. The molecule has 0 atom stereocenters. The van der Waals surface area contributed by atoms with Gasteiger partial charge in [0.05, 0.1) is 16.6 Å². The van der Waals surface area contributed by atoms with E-state index in [0.29, 0.717) is 16.5 Å². The maximum absolute atomic E-state index is 13.2. The summed E-state index contributed by atoms with van der Waals surface area (Å²) < 4.78 is 41.7. The zero-order valence-electron chi connectivity index (χ0n) is 16.7. The van der Waals surface area contributed by atoms with Crippen LogP contribution in [0, 0.1) is 0 Å². The summed E-state index contributed by atoms with van der Waals surface area (Å²) in [4.78, 5) is 13.2. The van der Waals surface area contributed by atoms with Crippen LogP contribution in [-0.2, 0) is 12.7 Å². The molecule has 0 aliphatic heterocycles. The summed E-state index contributed by atoms with van der Waals surface area (Å²) in [5.74, 6) is -0.545. The molecule has 0 bridgehead atoms. The minimum absolute atomic E-state index is 0.222. The molecule has 2 aromatic heterocycles. The monoisotopic (exact) mass is 450 g/mol. The van der Waals surface area contributed by atoms with Gasteiger partial charge in [-0.15, -0.1) is 11.3 Å². The van der Waals surface area contributed by atoms with Gasteiger partial charge in [0.1, 0.15) is 0 Å². The van der Waals surface area contributed by atoms with E-state index < -0.39 is 17.6 Å². The minimum Gasteiger partial charge on any atom is -0.366 e. The molecule has 1 amide bonds. The van der Waals surface area contributed by atoms with E-state index in [1.807, 2.05) is 46.3 Å². The molecular weight excluding hydrogens is 433 g/mol. The SMILES string of the molecule is NC(=O)c1cccc2c1c1ccc(-c3cccs3)cc1n2Cc1cccc(C(F)(F)F)c1. The van der Waals surface area contributed by atoms with Gasteiger partial charge in [-0.25, -0.2) is 0 Å². The van der Waals surface area contributed by atoms with E-state index in [4.69, 9.17) is 5.73 Å². The number of nitrogens with two attached hydrogens (primary N) is 1. The summed E-state index contributed by atoms with van der Waals surface area (Å²) in [7, 11) is 0. The number of hydrogen-bond acceptors (Lipinski definition) is 2. The van der Waals surface area contributed by atoms with Gasteiger partial charge in [0.25, 0.3) is 0 Å². The van der Waals surface area contributed by atoms with Crippen LogP contribution in [0.3, 0.4) is 0 Å². The number of primary amides is 1. The largest absolute Gasteiger partial charge is 0.416 e. The van der Waals surface area contributed by atoms with Crippen LogP contribution in [0.25, 0.3) is 32.2 Å². The summed E-state index contributed by atoms with van der Waals surface area (Å²) in [6.45, 7) is 0.222. The summed E-state index contributed by atoms with van der Waals surface area (Å²) in [5.41, 5.74) is 8.43. The second-order valence-electron chi connectivity index (χ2n) is 7.56. The van der Waals surface area contributed by atoms with Crippen LogP contribution in [-0.4, -0.2) is 10.5 Å². The number of carbonyl (C=O) groups excluding carboxylic acids is 1. The fraction of sp³-hybridized carbons (Fsp3) is 0.0800. The molecule has 0 spiro atoms. The standard InChI is InChI=1S/C25H17F3N2OS/c26-25(27,28)17-5-1-4-15(12-17)14-30-20-7-2-6-19(24(29)31)23(20)18-10-9-16(13-21(18)30)22-8-3-11-32-22/h1-13H,14H2,(H2,29,31). The molecule has 3 aromatic carbocycles. The molecule has 7 heteroatoms. The lowest BCUT2D eigenvalue weighted by molar-refractivity contribution is -0.137. The smallest absolute Gasteiger partial charge is 0.366 e. The van der Waals surface area contributed by atoms with Crippen LogP contribution in [0.4, 0.5) is 13.2 Å². The Morgan fingerprint density at radius 3 is 2.47 bits per heavy atom. The number of carbonyl (C=O) groups is 1. The van der Waals surface area contributed by atoms with Gasteiger partial charge < -0.3 is 10.3 Å². The van der Waals surface area contributed by atoms with Crippen molar-refractivity contribution in [3.05, 3.63) is 94.9 Å². The van der Waals surface area contributed by atoms with Crippen molar-refractivity contribution in [3.8, 4) is 10.4 Å². The normalized spacial score (nSPS) is 12.0. The van der Waals surface area contributed by atoms with Crippen LogP contribution in [0.2, 0.25) is 0 Å². The van der Waals surface area contributed by atoms with Crippen LogP contribution in [0.5, 0.6) is 0 Å². The van der Waals surface area contributed by atoms with Crippen molar-refractivity contribution in [1.82, 2.24) is 4.57 Å². The fourth-order valence-corrected chi connectivity index (χ4v) is 4.87. The Hall–Kier alpha value is -3.58. The number of fused-ring (bicyclic) bond motifs is 3. The molecule has 5 aromatic rings. The van der Waals surface area contributed by atoms with Crippen molar-refractivity contribution >= 4 is 39.0 Å². The average Bonchev–Trinajstić information content (AvgIpc) is 3.40. The van der Waals surface area contributed by atoms with Crippen molar-refractivity contribution in [1.29, 1.82) is 0 Å². The molecule has 32 heavy (non-hydrogen) atoms. The highest BCUT2D eigenvalue weighted by Crippen LogP contribution is 2.36. The van der Waals surface area contributed by atoms with Crippen molar-refractivity contribution in [2.75, 3.05) is 0 Å². The summed E-state index contributed by atoms with van der Waals surface area (Å²) in [6.07, 6.45) is -4.41. The molecule has 0 aliphatic carbocycles. The molecule has 2 heterocycles. The molecule has 0 fully saturated rings. The second-order valence-corrected chi connectivity index (χ2v) is 8.51. The van der Waals surface area contributed by atoms with Gasteiger partial charge in [-0.2, -0.15) is 13.2 Å². The van der Waals surface area contributed by atoms with E-state index in [2.05, 4.69) is 0 Å². The molecule has 0 radical (unpaired) electrons. The van der Waals surface area contributed by atoms with E-state index >= 15 is 0 Å². The molecule has 0 aliphatic rings. The zero-order valence-corrected chi connectivity index (χ0v) is 17.5. The topological polar surface area (TPSA) is 48.0 Å². The number of rotatable bonds is 4. The Kier molecular flexibility index (Phi) is 4.78. The average molecular weight is 450 g/mol. The number of amides is 1. The van der Waals surface area contributed by atoms with Crippen LogP contribution in [0.15, 0.2) is 78.2 Å². The third kappa shape index (κ3) is 3.44. The molecular formula is C25H17F3N2OS. The number of thiophene rings is 1. The van der Waals surface area contributed by atoms with E-state index in [0.717, 1.165) is 32.9 Å². The molecule has 160 valence electrons. The summed E-state index contributed by atoms with van der Waals surface area (Å²) >= 11 is 1.61. The maximum Gasteiger partial charge on any atom is 0.416 e. The Morgan fingerprint density at radius 1 is 0.938 bits per heavy atom. The van der Waals surface area contributed by atoms with Gasteiger partial charge >= 0.3 is 6.18 Å². The second kappa shape index (κ2) is 7.53. The lowest BCUT2D eigenvalue weighted by Gasteiger charge is -2.12. The van der Waals surface area contributed by atoms with Crippen molar-refractivity contribution in [2.45, 2.75) is 12.7 Å². The summed E-state index contributed by atoms with van der Waals surface area (Å²) in [6, 6.07) is 20.5. The third-order valence-corrected chi connectivity index (χ3v) is 6.48. The van der Waals surface area contributed by atoms with E-state index in [-0.39, 0.29) is 6.54 Å². The van der Waals surface area contributed by atoms with Crippen LogP contribution < -0.4 is 5.73 Å². The fourth-order valence-electron chi connectivity index (χ4n) is 4.14. The van der Waals surface area contributed by atoms with Gasteiger partial charge in [-0.3, -0.25) is 4.79 Å². The molecule has 0 saturated carbocycles. The van der Waals surface area contributed by atoms with E-state index in [9.17, 15) is 18.0 Å². The lowest BCUT2D eigenvalue weighted by Crippen LogP contribution is -2.11. The molecule has 5 rings (SSSR count). The van der Waals surface area contributed by atoms with Crippen LogP contribution >= 0.6 is 11.3 Å². The molecule has 3 nitrogen and oxygen atoms in total. The Labute approximate surface area is 185 Å². The maximum atomic E-state index is 13.2. The molecule has 0 unspecified atom stereocenters. The number of nitrogens with zero attached hydrogens (tertiary/aromatic N) is 1. The zero-order chi connectivity index (χ0) is 22.5. The van der Waals surface area contributed by atoms with Gasteiger partial charge in [-0.1, -0.05) is 36.4 Å². The number of benzene rings is 3. The van der Waals surface area contributed by atoms with Gasteiger partial charge in [0, 0.05) is 27.8 Å². The van der Waals surface area contributed by atoms with Crippen LogP contribution in [0.1, 0.15) is 21.5 Å². The quantitative estimate of drug-likeness (QED) is 0.326. The highest BCUT2D eigenvalue weighted by Gasteiger charge is 2.30. The first-order valence-corrected chi connectivity index (χ1v) is 10.8. The molecule has 0 saturated heterocycles. The van der Waals surface area contributed by atoms with Gasteiger partial charge in [0.2, 0.25) is 5.91 Å². The third-order valence-electron chi connectivity index (χ3n) is 5.56. The first-order chi connectivity index (χ1) is 15.3.